The van der Waals surface area contributed by atoms with Gasteiger partial charge in [-0.3, -0.25) is 0 Å². The number of rotatable bonds is 5. The first kappa shape index (κ1) is 15.0. The highest BCUT2D eigenvalue weighted by molar-refractivity contribution is 6.36. The first-order chi connectivity index (χ1) is 8.52. The molecule has 0 aliphatic carbocycles. The van der Waals surface area contributed by atoms with Gasteiger partial charge in [-0.1, -0.05) is 23.2 Å². The molecule has 1 aromatic carbocycles. The zero-order valence-electron chi connectivity index (χ0n) is 9.74. The summed E-state index contributed by atoms with van der Waals surface area (Å²) < 4.78 is 4.73. The fraction of sp³-hybridized carbons (Fsp3) is 0.364. The molecule has 0 saturated carbocycles. The number of anilines is 1. The number of halogens is 2. The number of carbonyl (C=O) groups excluding carboxylic acids is 1. The highest BCUT2D eigenvalue weighted by Gasteiger charge is 2.08. The number of nitrogens with one attached hydrogen (secondary N) is 2. The van der Waals surface area contributed by atoms with Gasteiger partial charge in [0.05, 0.1) is 23.4 Å². The van der Waals surface area contributed by atoms with Crippen molar-refractivity contribution in [3.63, 3.8) is 0 Å². The average molecular weight is 293 g/mol. The fourth-order valence-electron chi connectivity index (χ4n) is 1.22. The summed E-state index contributed by atoms with van der Waals surface area (Å²) in [7, 11) is 1.47. The van der Waals surface area contributed by atoms with Crippen LogP contribution in [0.3, 0.4) is 0 Å². The van der Waals surface area contributed by atoms with E-state index in [-0.39, 0.29) is 13.2 Å². The summed E-state index contributed by atoms with van der Waals surface area (Å²) in [6.07, 6.45) is -0.749. The van der Waals surface area contributed by atoms with E-state index >= 15 is 0 Å². The molecular weight excluding hydrogens is 279 g/mol. The second kappa shape index (κ2) is 7.43. The third kappa shape index (κ3) is 5.10. The van der Waals surface area contributed by atoms with Crippen LogP contribution in [0.4, 0.5) is 10.5 Å². The number of benzene rings is 1. The minimum Gasteiger partial charge on any atom is -0.389 e. The van der Waals surface area contributed by atoms with Crippen molar-refractivity contribution in [2.24, 2.45) is 0 Å². The Hall–Kier alpha value is -1.01. The van der Waals surface area contributed by atoms with Gasteiger partial charge in [0.1, 0.15) is 0 Å². The Balaban J connectivity index is 2.44. The number of amides is 2. The number of urea groups is 1. The van der Waals surface area contributed by atoms with Crippen LogP contribution >= 0.6 is 23.2 Å². The van der Waals surface area contributed by atoms with E-state index in [4.69, 9.17) is 27.9 Å². The van der Waals surface area contributed by atoms with Crippen molar-refractivity contribution < 1.29 is 14.6 Å². The Bertz CT molecular complexity index is 415. The van der Waals surface area contributed by atoms with Crippen LogP contribution in [0.25, 0.3) is 0 Å². The lowest BCUT2D eigenvalue weighted by Gasteiger charge is -2.12. The highest BCUT2D eigenvalue weighted by Crippen LogP contribution is 2.25. The number of carbonyl (C=O) groups is 1. The molecule has 0 fully saturated rings. The summed E-state index contributed by atoms with van der Waals surface area (Å²) in [5.41, 5.74) is 0.444. The third-order valence-electron chi connectivity index (χ3n) is 2.04. The lowest BCUT2D eigenvalue weighted by molar-refractivity contribution is 0.0663. The summed E-state index contributed by atoms with van der Waals surface area (Å²) in [6, 6.07) is 4.27. The van der Waals surface area contributed by atoms with Crippen molar-refractivity contribution in [1.29, 1.82) is 0 Å². The number of methoxy groups -OCH3 is 1. The smallest absolute Gasteiger partial charge is 0.319 e. The molecule has 1 rings (SSSR count). The molecule has 18 heavy (non-hydrogen) atoms. The molecule has 0 radical (unpaired) electrons. The molecule has 100 valence electrons. The normalized spacial score (nSPS) is 12.0. The Morgan fingerprint density at radius 2 is 2.22 bits per heavy atom. The summed E-state index contributed by atoms with van der Waals surface area (Å²) in [6.45, 7) is 0.243. The van der Waals surface area contributed by atoms with Gasteiger partial charge in [-0.15, -0.1) is 0 Å². The second-order valence-electron chi connectivity index (χ2n) is 3.57. The molecule has 0 aliphatic heterocycles. The van der Waals surface area contributed by atoms with Crippen LogP contribution in [-0.2, 0) is 4.74 Å². The third-order valence-corrected chi connectivity index (χ3v) is 2.58. The maximum atomic E-state index is 11.5. The number of ether oxygens (including phenoxy) is 1. The van der Waals surface area contributed by atoms with Crippen LogP contribution in [0.15, 0.2) is 18.2 Å². The van der Waals surface area contributed by atoms with Crippen molar-refractivity contribution in [2.75, 3.05) is 25.6 Å². The van der Waals surface area contributed by atoms with Crippen LogP contribution in [-0.4, -0.2) is 37.5 Å². The van der Waals surface area contributed by atoms with E-state index in [0.29, 0.717) is 15.7 Å². The van der Waals surface area contributed by atoms with Gasteiger partial charge >= 0.3 is 6.03 Å². The molecule has 0 spiro atoms. The van der Waals surface area contributed by atoms with Gasteiger partial charge in [0.15, 0.2) is 0 Å². The molecule has 0 aliphatic rings. The van der Waals surface area contributed by atoms with Crippen molar-refractivity contribution in [1.82, 2.24) is 5.32 Å². The Morgan fingerprint density at radius 1 is 1.50 bits per heavy atom. The number of hydrogen-bond acceptors (Lipinski definition) is 3. The van der Waals surface area contributed by atoms with E-state index < -0.39 is 12.1 Å². The number of aliphatic hydroxyl groups excluding tert-OH is 1. The topological polar surface area (TPSA) is 70.6 Å². The Morgan fingerprint density at radius 3 is 2.83 bits per heavy atom. The maximum Gasteiger partial charge on any atom is 0.319 e. The summed E-state index contributed by atoms with van der Waals surface area (Å²) in [5, 5.41) is 15.2. The molecule has 1 aromatic rings. The average Bonchev–Trinajstić information content (AvgIpc) is 2.31. The Kier molecular flexibility index (Phi) is 6.21. The van der Waals surface area contributed by atoms with Gasteiger partial charge in [0, 0.05) is 18.7 Å². The molecule has 0 heterocycles. The lowest BCUT2D eigenvalue weighted by Crippen LogP contribution is -2.37. The molecule has 2 amide bonds. The zero-order valence-corrected chi connectivity index (χ0v) is 11.3. The van der Waals surface area contributed by atoms with Gasteiger partial charge in [0.2, 0.25) is 0 Å². The highest BCUT2D eigenvalue weighted by atomic mass is 35.5. The van der Waals surface area contributed by atoms with Crippen molar-refractivity contribution >= 4 is 34.9 Å². The maximum absolute atomic E-state index is 11.5. The van der Waals surface area contributed by atoms with Gasteiger partial charge in [0.25, 0.3) is 0 Å². The predicted octanol–water partition coefficient (Wildman–Crippen LogP) is 2.12. The largest absolute Gasteiger partial charge is 0.389 e. The standard InChI is InChI=1S/C11H14Cl2N2O3/c1-18-6-8(16)5-14-11(17)15-10-3-2-7(12)4-9(10)13/h2-4,8,16H,5-6H2,1H3,(H2,14,15,17). The SMILES string of the molecule is COCC(O)CNC(=O)Nc1ccc(Cl)cc1Cl. The minimum atomic E-state index is -0.749. The van der Waals surface area contributed by atoms with Gasteiger partial charge < -0.3 is 20.5 Å². The van der Waals surface area contributed by atoms with E-state index in [1.807, 2.05) is 0 Å². The van der Waals surface area contributed by atoms with E-state index in [1.54, 1.807) is 12.1 Å². The lowest BCUT2D eigenvalue weighted by atomic mass is 10.3. The summed E-state index contributed by atoms with van der Waals surface area (Å²) in [4.78, 5) is 11.5. The first-order valence-electron chi connectivity index (χ1n) is 5.20. The van der Waals surface area contributed by atoms with E-state index in [9.17, 15) is 9.90 Å². The van der Waals surface area contributed by atoms with Gasteiger partial charge in [-0.2, -0.15) is 0 Å². The first-order valence-corrected chi connectivity index (χ1v) is 5.95. The second-order valence-corrected chi connectivity index (χ2v) is 4.41. The number of aliphatic hydroxyl groups is 1. The molecule has 7 heteroatoms. The van der Waals surface area contributed by atoms with Crippen LogP contribution in [0.5, 0.6) is 0 Å². The molecule has 0 saturated heterocycles. The van der Waals surface area contributed by atoms with Gasteiger partial charge in [-0.05, 0) is 18.2 Å². The Labute approximate surface area is 115 Å². The molecule has 1 atom stereocenters. The molecule has 1 unspecified atom stereocenters. The van der Waals surface area contributed by atoms with Gasteiger partial charge in [-0.25, -0.2) is 4.79 Å². The van der Waals surface area contributed by atoms with Crippen LogP contribution in [0.1, 0.15) is 0 Å². The quantitative estimate of drug-likeness (QED) is 0.778. The minimum absolute atomic E-state index is 0.0882. The van der Waals surface area contributed by atoms with Crippen LogP contribution < -0.4 is 10.6 Å². The number of hydrogen-bond donors (Lipinski definition) is 3. The fourth-order valence-corrected chi connectivity index (χ4v) is 1.67. The van der Waals surface area contributed by atoms with Crippen LogP contribution in [0.2, 0.25) is 10.0 Å². The summed E-state index contributed by atoms with van der Waals surface area (Å²) >= 11 is 11.6. The molecule has 5 nitrogen and oxygen atoms in total. The molecular formula is C11H14Cl2N2O3. The van der Waals surface area contributed by atoms with Crippen molar-refractivity contribution in [2.45, 2.75) is 6.10 Å². The van der Waals surface area contributed by atoms with E-state index in [1.165, 1.54) is 13.2 Å². The zero-order chi connectivity index (χ0) is 13.5. The van der Waals surface area contributed by atoms with Crippen molar-refractivity contribution in [3.05, 3.63) is 28.2 Å². The summed E-state index contributed by atoms with van der Waals surface area (Å²) in [5.74, 6) is 0. The van der Waals surface area contributed by atoms with E-state index in [0.717, 1.165) is 0 Å². The molecule has 3 N–H and O–H groups in total. The molecule has 0 aromatic heterocycles. The predicted molar refractivity (Wildman–Crippen MR) is 71.4 cm³/mol. The monoisotopic (exact) mass is 292 g/mol. The molecule has 0 bridgehead atoms. The van der Waals surface area contributed by atoms with Crippen molar-refractivity contribution in [3.8, 4) is 0 Å². The van der Waals surface area contributed by atoms with Crippen LogP contribution in [0, 0.1) is 0 Å². The van der Waals surface area contributed by atoms with E-state index in [2.05, 4.69) is 10.6 Å².